The Kier molecular flexibility index (Phi) is 3.23. The Hall–Kier alpha value is -2.08. The maximum absolute atomic E-state index is 5.89. The van der Waals surface area contributed by atoms with Crippen molar-refractivity contribution >= 4 is 0 Å². The number of nitrogens with zero attached hydrogens (tertiary/aromatic N) is 2. The normalized spacial score (nSPS) is 24.8. The van der Waals surface area contributed by atoms with Crippen molar-refractivity contribution < 1.29 is 14.0 Å². The van der Waals surface area contributed by atoms with Crippen LogP contribution in [0.4, 0.5) is 0 Å². The van der Waals surface area contributed by atoms with Crippen LogP contribution in [0.3, 0.4) is 0 Å². The number of nitrogens with one attached hydrogen (secondary N) is 1. The molecule has 1 unspecified atom stereocenters. The summed E-state index contributed by atoms with van der Waals surface area (Å²) in [5.74, 6) is 2.67. The summed E-state index contributed by atoms with van der Waals surface area (Å²) in [7, 11) is 0. The molecular formula is C15H17N3O3. The number of para-hydroxylation sites is 2. The van der Waals surface area contributed by atoms with Gasteiger partial charge in [0.25, 0.3) is 0 Å². The molecule has 0 radical (unpaired) electrons. The number of hydrogen-bond donors (Lipinski definition) is 1. The molecule has 0 amide bonds. The van der Waals surface area contributed by atoms with E-state index in [1.807, 2.05) is 24.3 Å². The first-order valence-corrected chi connectivity index (χ1v) is 7.35. The van der Waals surface area contributed by atoms with Crippen LogP contribution >= 0.6 is 0 Å². The molecule has 0 spiro atoms. The van der Waals surface area contributed by atoms with E-state index in [9.17, 15) is 0 Å². The Bertz CT molecular complexity index is 622. The SMILES string of the molecule is c1ccc2c(c1)OCC(c1noc([C@H]3CCCCN3)n1)O2. The van der Waals surface area contributed by atoms with Crippen molar-refractivity contribution in [2.75, 3.05) is 13.2 Å². The van der Waals surface area contributed by atoms with E-state index in [1.165, 1.54) is 12.8 Å². The number of aromatic nitrogens is 2. The fraction of sp³-hybridized carbons (Fsp3) is 0.467. The first-order valence-electron chi connectivity index (χ1n) is 7.35. The van der Waals surface area contributed by atoms with Crippen molar-refractivity contribution in [1.29, 1.82) is 0 Å². The number of piperidine rings is 1. The Morgan fingerprint density at radius 1 is 1.14 bits per heavy atom. The highest BCUT2D eigenvalue weighted by molar-refractivity contribution is 5.40. The van der Waals surface area contributed by atoms with E-state index in [4.69, 9.17) is 14.0 Å². The van der Waals surface area contributed by atoms with Gasteiger partial charge in [0.05, 0.1) is 6.04 Å². The van der Waals surface area contributed by atoms with Crippen molar-refractivity contribution in [3.8, 4) is 11.5 Å². The molecule has 110 valence electrons. The Balaban J connectivity index is 1.51. The van der Waals surface area contributed by atoms with Crippen LogP contribution in [0.25, 0.3) is 0 Å². The zero-order valence-electron chi connectivity index (χ0n) is 11.6. The van der Waals surface area contributed by atoms with Crippen LogP contribution in [0.15, 0.2) is 28.8 Å². The molecule has 1 aromatic carbocycles. The third-order valence-corrected chi connectivity index (χ3v) is 3.86. The fourth-order valence-electron chi connectivity index (χ4n) is 2.73. The minimum absolute atomic E-state index is 0.164. The Labute approximate surface area is 122 Å². The quantitative estimate of drug-likeness (QED) is 0.914. The van der Waals surface area contributed by atoms with Gasteiger partial charge in [0, 0.05) is 0 Å². The van der Waals surface area contributed by atoms with E-state index in [-0.39, 0.29) is 12.1 Å². The molecule has 3 heterocycles. The van der Waals surface area contributed by atoms with Gasteiger partial charge in [-0.25, -0.2) is 0 Å². The maximum atomic E-state index is 5.89. The summed E-state index contributed by atoms with van der Waals surface area (Å²) >= 11 is 0. The molecule has 0 saturated carbocycles. The molecule has 6 nitrogen and oxygen atoms in total. The summed E-state index contributed by atoms with van der Waals surface area (Å²) in [6, 6.07) is 7.77. The van der Waals surface area contributed by atoms with Crippen LogP contribution in [-0.2, 0) is 0 Å². The zero-order chi connectivity index (χ0) is 14.1. The molecule has 4 rings (SSSR count). The third-order valence-electron chi connectivity index (χ3n) is 3.86. The van der Waals surface area contributed by atoms with Crippen molar-refractivity contribution in [2.45, 2.75) is 31.4 Å². The molecule has 21 heavy (non-hydrogen) atoms. The van der Waals surface area contributed by atoms with Crippen LogP contribution in [0.2, 0.25) is 0 Å². The lowest BCUT2D eigenvalue weighted by molar-refractivity contribution is 0.0832. The molecule has 6 heteroatoms. The summed E-state index contributed by atoms with van der Waals surface area (Å²) in [4.78, 5) is 4.49. The van der Waals surface area contributed by atoms with E-state index in [1.54, 1.807) is 0 Å². The van der Waals surface area contributed by atoms with Gasteiger partial charge in [-0.05, 0) is 31.5 Å². The largest absolute Gasteiger partial charge is 0.485 e. The molecule has 2 atom stereocenters. The van der Waals surface area contributed by atoms with Gasteiger partial charge < -0.3 is 19.3 Å². The zero-order valence-corrected chi connectivity index (χ0v) is 11.6. The second-order valence-corrected chi connectivity index (χ2v) is 5.36. The van der Waals surface area contributed by atoms with E-state index in [0.29, 0.717) is 18.3 Å². The molecule has 0 aliphatic carbocycles. The molecule has 2 aliphatic rings. The number of hydrogen-bond acceptors (Lipinski definition) is 6. The molecule has 1 saturated heterocycles. The lowest BCUT2D eigenvalue weighted by Gasteiger charge is -2.24. The van der Waals surface area contributed by atoms with Crippen molar-refractivity contribution in [3.63, 3.8) is 0 Å². The van der Waals surface area contributed by atoms with Crippen LogP contribution < -0.4 is 14.8 Å². The van der Waals surface area contributed by atoms with Gasteiger partial charge in [-0.2, -0.15) is 4.98 Å². The number of fused-ring (bicyclic) bond motifs is 1. The Morgan fingerprint density at radius 3 is 2.90 bits per heavy atom. The molecule has 1 N–H and O–H groups in total. The summed E-state index contributed by atoms with van der Waals surface area (Å²) in [6.45, 7) is 1.40. The lowest BCUT2D eigenvalue weighted by atomic mass is 10.1. The van der Waals surface area contributed by atoms with E-state index in [2.05, 4.69) is 15.5 Å². The molecule has 1 fully saturated rings. The second-order valence-electron chi connectivity index (χ2n) is 5.36. The van der Waals surface area contributed by atoms with E-state index in [0.717, 1.165) is 24.5 Å². The molecule has 0 bridgehead atoms. The predicted molar refractivity (Wildman–Crippen MR) is 74.2 cm³/mol. The lowest BCUT2D eigenvalue weighted by Crippen LogP contribution is -2.27. The number of ether oxygens (including phenoxy) is 2. The summed E-state index contributed by atoms with van der Waals surface area (Å²) in [5, 5.41) is 7.46. The third kappa shape index (κ3) is 2.47. The van der Waals surface area contributed by atoms with E-state index >= 15 is 0 Å². The predicted octanol–water partition coefficient (Wildman–Crippen LogP) is 2.40. The van der Waals surface area contributed by atoms with Gasteiger partial charge in [0.1, 0.15) is 6.61 Å². The van der Waals surface area contributed by atoms with Crippen LogP contribution in [0, 0.1) is 0 Å². The smallest absolute Gasteiger partial charge is 0.243 e. The minimum Gasteiger partial charge on any atom is -0.485 e. The molecule has 1 aromatic heterocycles. The van der Waals surface area contributed by atoms with E-state index < -0.39 is 0 Å². The van der Waals surface area contributed by atoms with Gasteiger partial charge in [0.15, 0.2) is 17.6 Å². The second kappa shape index (κ2) is 5.37. The highest BCUT2D eigenvalue weighted by Crippen LogP contribution is 2.35. The van der Waals surface area contributed by atoms with Crippen LogP contribution in [0.5, 0.6) is 11.5 Å². The average molecular weight is 287 g/mol. The maximum Gasteiger partial charge on any atom is 0.243 e. The average Bonchev–Trinajstić information content (AvgIpc) is 3.05. The minimum atomic E-state index is -0.319. The van der Waals surface area contributed by atoms with Gasteiger partial charge in [0.2, 0.25) is 11.7 Å². The highest BCUT2D eigenvalue weighted by Gasteiger charge is 2.28. The molecule has 2 aliphatic heterocycles. The summed E-state index contributed by atoms with van der Waals surface area (Å²) in [6.07, 6.45) is 3.10. The van der Waals surface area contributed by atoms with Gasteiger partial charge in [-0.1, -0.05) is 23.7 Å². The monoisotopic (exact) mass is 287 g/mol. The van der Waals surface area contributed by atoms with Gasteiger partial charge in [-0.15, -0.1) is 0 Å². The molecular weight excluding hydrogens is 270 g/mol. The van der Waals surface area contributed by atoms with Crippen molar-refractivity contribution in [2.24, 2.45) is 0 Å². The first-order chi connectivity index (χ1) is 10.4. The molecule has 2 aromatic rings. The van der Waals surface area contributed by atoms with Crippen molar-refractivity contribution in [3.05, 3.63) is 36.0 Å². The topological polar surface area (TPSA) is 69.4 Å². The highest BCUT2D eigenvalue weighted by atomic mass is 16.6. The van der Waals surface area contributed by atoms with Crippen molar-refractivity contribution in [1.82, 2.24) is 15.5 Å². The number of benzene rings is 1. The van der Waals surface area contributed by atoms with Gasteiger partial charge >= 0.3 is 0 Å². The van der Waals surface area contributed by atoms with Crippen LogP contribution in [-0.4, -0.2) is 23.3 Å². The Morgan fingerprint density at radius 2 is 2.05 bits per heavy atom. The fourth-order valence-corrected chi connectivity index (χ4v) is 2.73. The standard InChI is InChI=1S/C15H17N3O3/c1-2-7-12-11(6-1)19-9-13(20-12)14-17-15(21-18-14)10-5-3-4-8-16-10/h1-2,6-7,10,13,16H,3-5,8-9H2/t10-,13?/m1/s1. The summed E-state index contributed by atoms with van der Waals surface area (Å²) < 4.78 is 17.0. The number of rotatable bonds is 2. The van der Waals surface area contributed by atoms with Gasteiger partial charge in [-0.3, -0.25) is 0 Å². The van der Waals surface area contributed by atoms with Crippen LogP contribution in [0.1, 0.15) is 43.1 Å². The first kappa shape index (κ1) is 12.6. The summed E-state index contributed by atoms with van der Waals surface area (Å²) in [5.41, 5.74) is 0.